The van der Waals surface area contributed by atoms with Crippen LogP contribution >= 0.6 is 22.9 Å². The number of amides is 1. The molecule has 3 rings (SSSR count). The van der Waals surface area contributed by atoms with Gasteiger partial charge in [-0.25, -0.2) is 0 Å². The second-order valence-corrected chi connectivity index (χ2v) is 6.36. The van der Waals surface area contributed by atoms with Crippen LogP contribution in [0.3, 0.4) is 0 Å². The van der Waals surface area contributed by atoms with E-state index in [1.165, 1.54) is 11.3 Å². The van der Waals surface area contributed by atoms with Gasteiger partial charge >= 0.3 is 0 Å². The molecular weight excluding hydrogens is 306 g/mol. The Balaban J connectivity index is 1.67. The van der Waals surface area contributed by atoms with Gasteiger partial charge in [0.05, 0.1) is 15.6 Å². The third-order valence-electron chi connectivity index (χ3n) is 3.71. The van der Waals surface area contributed by atoms with Crippen LogP contribution in [0.15, 0.2) is 29.9 Å². The molecule has 0 aromatic carbocycles. The number of thiophene rings is 1. The average molecular weight is 322 g/mol. The molecule has 0 atom stereocenters. The molecule has 0 unspecified atom stereocenters. The van der Waals surface area contributed by atoms with Crippen LogP contribution in [0.5, 0.6) is 0 Å². The zero-order chi connectivity index (χ0) is 14.8. The molecule has 1 saturated heterocycles. The number of carbonyl (C=O) groups excluding carboxylic acids is 1. The molecule has 6 heteroatoms. The van der Waals surface area contributed by atoms with E-state index in [0.717, 1.165) is 42.3 Å². The van der Waals surface area contributed by atoms with E-state index >= 15 is 0 Å². The molecule has 1 aliphatic heterocycles. The summed E-state index contributed by atoms with van der Waals surface area (Å²) in [5.74, 6) is 0.142. The maximum Gasteiger partial charge on any atom is 0.264 e. The molecule has 1 aliphatic rings. The average Bonchev–Trinajstić information content (AvgIpc) is 2.93. The van der Waals surface area contributed by atoms with Gasteiger partial charge in [-0.2, -0.15) is 0 Å². The van der Waals surface area contributed by atoms with Crippen LogP contribution in [-0.4, -0.2) is 42.0 Å². The molecule has 3 heterocycles. The number of aryl methyl sites for hydroxylation is 1. The molecular formula is C15H16ClN3OS. The topological polar surface area (TPSA) is 36.4 Å². The summed E-state index contributed by atoms with van der Waals surface area (Å²) in [6.45, 7) is 5.00. The first-order valence-electron chi connectivity index (χ1n) is 6.84. The minimum atomic E-state index is 0.142. The van der Waals surface area contributed by atoms with E-state index in [1.54, 1.807) is 12.4 Å². The number of nitrogens with zero attached hydrogens (tertiary/aromatic N) is 3. The normalized spacial score (nSPS) is 15.3. The van der Waals surface area contributed by atoms with Gasteiger partial charge in [0.15, 0.2) is 0 Å². The Kier molecular flexibility index (Phi) is 4.12. The van der Waals surface area contributed by atoms with Crippen LogP contribution in [0.4, 0.5) is 5.69 Å². The molecule has 0 saturated carbocycles. The first kappa shape index (κ1) is 14.4. The van der Waals surface area contributed by atoms with Crippen molar-refractivity contribution in [2.45, 2.75) is 6.92 Å². The predicted octanol–water partition coefficient (Wildman–Crippen LogP) is 3.07. The molecule has 1 fully saturated rings. The summed E-state index contributed by atoms with van der Waals surface area (Å²) in [6.07, 6.45) is 3.40. The number of anilines is 1. The smallest absolute Gasteiger partial charge is 0.264 e. The summed E-state index contributed by atoms with van der Waals surface area (Å²) in [5, 5.41) is 2.63. The van der Waals surface area contributed by atoms with Gasteiger partial charge in [-0.05, 0) is 30.0 Å². The number of hydrogen-bond donors (Lipinski definition) is 0. The lowest BCUT2D eigenvalue weighted by Gasteiger charge is -2.36. The monoisotopic (exact) mass is 321 g/mol. The molecule has 0 bridgehead atoms. The highest BCUT2D eigenvalue weighted by Crippen LogP contribution is 2.26. The fourth-order valence-corrected chi connectivity index (χ4v) is 3.64. The number of piperazine rings is 1. The Labute approximate surface area is 133 Å². The van der Waals surface area contributed by atoms with Crippen LogP contribution < -0.4 is 4.90 Å². The highest BCUT2D eigenvalue weighted by atomic mass is 35.5. The number of carbonyl (C=O) groups is 1. The van der Waals surface area contributed by atoms with Gasteiger partial charge in [-0.1, -0.05) is 11.6 Å². The van der Waals surface area contributed by atoms with Gasteiger partial charge in [0.25, 0.3) is 5.91 Å². The van der Waals surface area contributed by atoms with Crippen molar-refractivity contribution < 1.29 is 4.79 Å². The van der Waals surface area contributed by atoms with Crippen molar-refractivity contribution in [2.75, 3.05) is 31.1 Å². The van der Waals surface area contributed by atoms with E-state index in [0.29, 0.717) is 5.02 Å². The van der Waals surface area contributed by atoms with Crippen LogP contribution in [0, 0.1) is 6.92 Å². The minimum absolute atomic E-state index is 0.142. The van der Waals surface area contributed by atoms with Gasteiger partial charge in [0.2, 0.25) is 0 Å². The Bertz CT molecular complexity index is 650. The quantitative estimate of drug-likeness (QED) is 0.853. The summed E-state index contributed by atoms with van der Waals surface area (Å²) in [5.41, 5.74) is 2.05. The Morgan fingerprint density at radius 1 is 1.29 bits per heavy atom. The molecule has 21 heavy (non-hydrogen) atoms. The summed E-state index contributed by atoms with van der Waals surface area (Å²) in [7, 11) is 0. The molecule has 0 aliphatic carbocycles. The van der Waals surface area contributed by atoms with Gasteiger partial charge in [-0.3, -0.25) is 9.78 Å². The van der Waals surface area contributed by atoms with E-state index < -0.39 is 0 Å². The maximum absolute atomic E-state index is 12.5. The van der Waals surface area contributed by atoms with E-state index in [4.69, 9.17) is 11.6 Å². The predicted molar refractivity (Wildman–Crippen MR) is 86.4 cm³/mol. The Hall–Kier alpha value is -1.59. The second kappa shape index (κ2) is 6.03. The van der Waals surface area contributed by atoms with E-state index in [2.05, 4.69) is 9.88 Å². The summed E-state index contributed by atoms with van der Waals surface area (Å²) >= 11 is 7.69. The molecule has 4 nitrogen and oxygen atoms in total. The Morgan fingerprint density at radius 2 is 2.05 bits per heavy atom. The zero-order valence-corrected chi connectivity index (χ0v) is 13.3. The second-order valence-electron chi connectivity index (χ2n) is 5.04. The highest BCUT2D eigenvalue weighted by Gasteiger charge is 2.24. The fraction of sp³-hybridized carbons (Fsp3) is 0.333. The van der Waals surface area contributed by atoms with Gasteiger partial charge in [0.1, 0.15) is 0 Å². The largest absolute Gasteiger partial charge is 0.367 e. The molecule has 110 valence electrons. The van der Waals surface area contributed by atoms with Crippen LogP contribution in [0.1, 0.15) is 15.2 Å². The third kappa shape index (κ3) is 2.89. The first-order chi connectivity index (χ1) is 10.2. The molecule has 0 radical (unpaired) electrons. The van der Waals surface area contributed by atoms with Crippen LogP contribution in [0.2, 0.25) is 5.02 Å². The number of aromatic nitrogens is 1. The van der Waals surface area contributed by atoms with E-state index in [-0.39, 0.29) is 5.91 Å². The van der Waals surface area contributed by atoms with Crippen molar-refractivity contribution in [2.24, 2.45) is 0 Å². The summed E-state index contributed by atoms with van der Waals surface area (Å²) in [4.78, 5) is 21.5. The highest BCUT2D eigenvalue weighted by molar-refractivity contribution is 7.12. The molecule has 1 amide bonds. The molecule has 2 aromatic rings. The van der Waals surface area contributed by atoms with Crippen molar-refractivity contribution in [3.63, 3.8) is 0 Å². The first-order valence-corrected chi connectivity index (χ1v) is 8.10. The number of halogens is 1. The van der Waals surface area contributed by atoms with Gasteiger partial charge in [-0.15, -0.1) is 11.3 Å². The van der Waals surface area contributed by atoms with Crippen molar-refractivity contribution in [1.29, 1.82) is 0 Å². The minimum Gasteiger partial charge on any atom is -0.367 e. The van der Waals surface area contributed by atoms with Gasteiger partial charge < -0.3 is 9.80 Å². The maximum atomic E-state index is 12.5. The van der Waals surface area contributed by atoms with Crippen molar-refractivity contribution >= 4 is 34.5 Å². The number of rotatable bonds is 2. The van der Waals surface area contributed by atoms with Crippen molar-refractivity contribution in [3.8, 4) is 0 Å². The lowest BCUT2D eigenvalue weighted by atomic mass is 10.2. The molecule has 2 aromatic heterocycles. The molecule has 0 spiro atoms. The number of hydrogen-bond acceptors (Lipinski definition) is 4. The SMILES string of the molecule is Cc1ccsc1C(=O)N1CCN(c2ccncc2Cl)CC1. The van der Waals surface area contributed by atoms with E-state index in [1.807, 2.05) is 29.3 Å². The standard InChI is InChI=1S/C15H16ClN3OS/c1-11-3-9-21-14(11)15(20)19-7-5-18(6-8-19)13-2-4-17-10-12(13)16/h2-4,9-10H,5-8H2,1H3. The van der Waals surface area contributed by atoms with Crippen molar-refractivity contribution in [1.82, 2.24) is 9.88 Å². The summed E-state index contributed by atoms with van der Waals surface area (Å²) < 4.78 is 0. The summed E-state index contributed by atoms with van der Waals surface area (Å²) in [6, 6.07) is 3.91. The Morgan fingerprint density at radius 3 is 2.67 bits per heavy atom. The number of pyridine rings is 1. The van der Waals surface area contributed by atoms with Crippen molar-refractivity contribution in [3.05, 3.63) is 45.4 Å². The van der Waals surface area contributed by atoms with Crippen LogP contribution in [-0.2, 0) is 0 Å². The lowest BCUT2D eigenvalue weighted by Crippen LogP contribution is -2.48. The zero-order valence-electron chi connectivity index (χ0n) is 11.8. The third-order valence-corrected chi connectivity index (χ3v) is 5.01. The molecule has 0 N–H and O–H groups in total. The van der Waals surface area contributed by atoms with E-state index in [9.17, 15) is 4.79 Å². The fourth-order valence-electron chi connectivity index (χ4n) is 2.51. The lowest BCUT2D eigenvalue weighted by molar-refractivity contribution is 0.0751. The van der Waals surface area contributed by atoms with Crippen LogP contribution in [0.25, 0.3) is 0 Å². The van der Waals surface area contributed by atoms with Gasteiger partial charge in [0, 0.05) is 38.6 Å².